The fourth-order valence-electron chi connectivity index (χ4n) is 2.02. The molecule has 1 aromatic heterocycles. The lowest BCUT2D eigenvalue weighted by Gasteiger charge is -2.13. The molecule has 0 spiro atoms. The molecular weight excluding hydrogens is 304 g/mol. The summed E-state index contributed by atoms with van der Waals surface area (Å²) in [6, 6.07) is 6.09. The minimum Gasteiger partial charge on any atom is -0.454 e. The molecule has 0 atom stereocenters. The van der Waals surface area contributed by atoms with E-state index in [1.54, 1.807) is 12.4 Å². The van der Waals surface area contributed by atoms with Crippen molar-refractivity contribution in [2.24, 2.45) is 0 Å². The highest BCUT2D eigenvalue weighted by atomic mass is 79.9. The van der Waals surface area contributed by atoms with E-state index in [9.17, 15) is 0 Å². The first-order valence-corrected chi connectivity index (χ1v) is 6.95. The number of pyridine rings is 1. The summed E-state index contributed by atoms with van der Waals surface area (Å²) in [5.74, 6) is 1.89. The minimum absolute atomic E-state index is 0.506. The Morgan fingerprint density at radius 3 is 2.58 bits per heavy atom. The largest absolute Gasteiger partial charge is 0.454 e. The van der Waals surface area contributed by atoms with Gasteiger partial charge in [0.15, 0.2) is 5.75 Å². The van der Waals surface area contributed by atoms with E-state index in [1.165, 1.54) is 11.1 Å². The SMILES string of the molecule is Cc1cc(Oc2c(N)cncc2Br)ccc1C(C)C. The molecule has 2 N–H and O–H groups in total. The maximum absolute atomic E-state index is 5.87. The molecule has 2 aromatic rings. The number of aryl methyl sites for hydroxylation is 1. The first-order chi connectivity index (χ1) is 8.99. The summed E-state index contributed by atoms with van der Waals surface area (Å²) < 4.78 is 6.59. The zero-order valence-corrected chi connectivity index (χ0v) is 12.9. The van der Waals surface area contributed by atoms with Crippen molar-refractivity contribution in [3.63, 3.8) is 0 Å². The normalized spacial score (nSPS) is 10.8. The van der Waals surface area contributed by atoms with E-state index < -0.39 is 0 Å². The molecule has 0 aliphatic heterocycles. The van der Waals surface area contributed by atoms with E-state index in [0.717, 1.165) is 10.2 Å². The zero-order chi connectivity index (χ0) is 14.0. The van der Waals surface area contributed by atoms with Crippen LogP contribution >= 0.6 is 15.9 Å². The number of hydrogen-bond donors (Lipinski definition) is 1. The third-order valence-corrected chi connectivity index (χ3v) is 3.53. The van der Waals surface area contributed by atoms with Crippen LogP contribution in [0.2, 0.25) is 0 Å². The fraction of sp³-hybridized carbons (Fsp3) is 0.267. The fourth-order valence-corrected chi connectivity index (χ4v) is 2.45. The second kappa shape index (κ2) is 5.61. The Bertz CT molecular complexity index is 576. The van der Waals surface area contributed by atoms with Crippen LogP contribution in [-0.2, 0) is 0 Å². The third-order valence-electron chi connectivity index (χ3n) is 2.96. The van der Waals surface area contributed by atoms with E-state index in [-0.39, 0.29) is 0 Å². The lowest BCUT2D eigenvalue weighted by molar-refractivity contribution is 0.480. The van der Waals surface area contributed by atoms with Gasteiger partial charge in [-0.1, -0.05) is 19.9 Å². The number of rotatable bonds is 3. The molecule has 2 rings (SSSR count). The number of ether oxygens (including phenoxy) is 1. The maximum atomic E-state index is 5.87. The predicted molar refractivity (Wildman–Crippen MR) is 81.7 cm³/mol. The number of aromatic nitrogens is 1. The van der Waals surface area contributed by atoms with E-state index >= 15 is 0 Å². The zero-order valence-electron chi connectivity index (χ0n) is 11.3. The minimum atomic E-state index is 0.506. The molecule has 1 aromatic carbocycles. The van der Waals surface area contributed by atoms with Gasteiger partial charge >= 0.3 is 0 Å². The van der Waals surface area contributed by atoms with E-state index in [0.29, 0.717) is 17.4 Å². The Morgan fingerprint density at radius 1 is 1.26 bits per heavy atom. The van der Waals surface area contributed by atoms with Gasteiger partial charge in [-0.2, -0.15) is 0 Å². The molecule has 0 aliphatic carbocycles. The lowest BCUT2D eigenvalue weighted by atomic mass is 9.98. The highest BCUT2D eigenvalue weighted by Crippen LogP contribution is 2.35. The van der Waals surface area contributed by atoms with Crippen molar-refractivity contribution in [3.8, 4) is 11.5 Å². The summed E-state index contributed by atoms with van der Waals surface area (Å²) in [4.78, 5) is 3.99. The first kappa shape index (κ1) is 13.9. The summed E-state index contributed by atoms with van der Waals surface area (Å²) in [6.45, 7) is 6.45. The van der Waals surface area contributed by atoms with Gasteiger partial charge in [0.2, 0.25) is 0 Å². The Morgan fingerprint density at radius 2 is 2.00 bits per heavy atom. The van der Waals surface area contributed by atoms with Gasteiger partial charge in [0.25, 0.3) is 0 Å². The average Bonchev–Trinajstić information content (AvgIpc) is 2.33. The van der Waals surface area contributed by atoms with Crippen LogP contribution in [0.1, 0.15) is 30.9 Å². The second-order valence-corrected chi connectivity index (χ2v) is 5.67. The monoisotopic (exact) mass is 320 g/mol. The average molecular weight is 321 g/mol. The Hall–Kier alpha value is -1.55. The van der Waals surface area contributed by atoms with Crippen LogP contribution in [-0.4, -0.2) is 4.98 Å². The Kier molecular flexibility index (Phi) is 4.10. The van der Waals surface area contributed by atoms with Gasteiger partial charge in [0, 0.05) is 6.20 Å². The van der Waals surface area contributed by atoms with E-state index in [2.05, 4.69) is 47.8 Å². The molecular formula is C15H17BrN2O. The molecule has 100 valence electrons. The number of halogens is 1. The number of nitrogens with two attached hydrogens (primary N) is 1. The van der Waals surface area contributed by atoms with E-state index in [4.69, 9.17) is 10.5 Å². The molecule has 0 unspecified atom stereocenters. The smallest absolute Gasteiger partial charge is 0.167 e. The Labute approximate surface area is 121 Å². The quantitative estimate of drug-likeness (QED) is 0.895. The maximum Gasteiger partial charge on any atom is 0.167 e. The van der Waals surface area contributed by atoms with Gasteiger partial charge < -0.3 is 10.5 Å². The number of nitrogens with zero attached hydrogens (tertiary/aromatic N) is 1. The van der Waals surface area contributed by atoms with Crippen molar-refractivity contribution in [1.82, 2.24) is 4.98 Å². The molecule has 19 heavy (non-hydrogen) atoms. The van der Waals surface area contributed by atoms with Crippen molar-refractivity contribution < 1.29 is 4.74 Å². The number of hydrogen-bond acceptors (Lipinski definition) is 3. The van der Waals surface area contributed by atoms with Crippen LogP contribution in [0.25, 0.3) is 0 Å². The van der Waals surface area contributed by atoms with Gasteiger partial charge in [-0.3, -0.25) is 4.98 Å². The van der Waals surface area contributed by atoms with Crippen molar-refractivity contribution in [2.45, 2.75) is 26.7 Å². The van der Waals surface area contributed by atoms with Gasteiger partial charge in [0.05, 0.1) is 16.4 Å². The number of anilines is 1. The summed E-state index contributed by atoms with van der Waals surface area (Å²) in [7, 11) is 0. The van der Waals surface area contributed by atoms with Crippen LogP contribution in [0.3, 0.4) is 0 Å². The molecule has 0 aliphatic rings. The summed E-state index contributed by atoms with van der Waals surface area (Å²) in [5.41, 5.74) is 8.93. The van der Waals surface area contributed by atoms with Crippen LogP contribution in [0.15, 0.2) is 35.1 Å². The van der Waals surface area contributed by atoms with Crippen LogP contribution in [0.5, 0.6) is 11.5 Å². The van der Waals surface area contributed by atoms with Crippen molar-refractivity contribution in [1.29, 1.82) is 0 Å². The molecule has 1 heterocycles. The molecule has 0 amide bonds. The van der Waals surface area contributed by atoms with E-state index in [1.807, 2.05) is 12.1 Å². The van der Waals surface area contributed by atoms with Gasteiger partial charge in [-0.25, -0.2) is 0 Å². The molecule has 4 heteroatoms. The summed E-state index contributed by atoms with van der Waals surface area (Å²) >= 11 is 3.39. The number of nitrogen functional groups attached to an aromatic ring is 1. The molecule has 0 radical (unpaired) electrons. The second-order valence-electron chi connectivity index (χ2n) is 4.81. The molecule has 0 bridgehead atoms. The van der Waals surface area contributed by atoms with Crippen molar-refractivity contribution in [2.75, 3.05) is 5.73 Å². The molecule has 0 saturated carbocycles. The Balaban J connectivity index is 2.32. The summed E-state index contributed by atoms with van der Waals surface area (Å²) in [6.07, 6.45) is 3.25. The highest BCUT2D eigenvalue weighted by Gasteiger charge is 2.09. The van der Waals surface area contributed by atoms with Gasteiger partial charge in [-0.05, 0) is 52.0 Å². The number of benzene rings is 1. The topological polar surface area (TPSA) is 48.1 Å². The third kappa shape index (κ3) is 3.07. The molecule has 0 saturated heterocycles. The molecule has 0 fully saturated rings. The first-order valence-electron chi connectivity index (χ1n) is 6.16. The van der Waals surface area contributed by atoms with Gasteiger partial charge in [0.1, 0.15) is 5.75 Å². The van der Waals surface area contributed by atoms with Crippen molar-refractivity contribution >= 4 is 21.6 Å². The highest BCUT2D eigenvalue weighted by molar-refractivity contribution is 9.10. The van der Waals surface area contributed by atoms with Crippen LogP contribution in [0.4, 0.5) is 5.69 Å². The molecule has 3 nitrogen and oxygen atoms in total. The summed E-state index contributed by atoms with van der Waals surface area (Å²) in [5, 5.41) is 0. The van der Waals surface area contributed by atoms with Crippen molar-refractivity contribution in [3.05, 3.63) is 46.2 Å². The van der Waals surface area contributed by atoms with Gasteiger partial charge in [-0.15, -0.1) is 0 Å². The lowest BCUT2D eigenvalue weighted by Crippen LogP contribution is -1.96. The van der Waals surface area contributed by atoms with Crippen LogP contribution < -0.4 is 10.5 Å². The van der Waals surface area contributed by atoms with Crippen LogP contribution in [0, 0.1) is 6.92 Å². The standard InChI is InChI=1S/C15H17BrN2O/c1-9(2)12-5-4-11(6-10(12)3)19-15-13(16)7-18-8-14(15)17/h4-9H,17H2,1-3H3. The predicted octanol–water partition coefficient (Wildman–Crippen LogP) is 4.65.